The molecule has 1 aliphatic rings. The molecule has 0 amide bonds. The normalized spacial score (nSPS) is 19.3. The van der Waals surface area contributed by atoms with Crippen molar-refractivity contribution < 1.29 is 0 Å². The summed E-state index contributed by atoms with van der Waals surface area (Å²) in [6.07, 6.45) is 10.1. The molecule has 0 radical (unpaired) electrons. The first-order valence-corrected chi connectivity index (χ1v) is 6.59. The Morgan fingerprint density at radius 2 is 2.07 bits per heavy atom. The second-order valence-corrected chi connectivity index (χ2v) is 4.80. The summed E-state index contributed by atoms with van der Waals surface area (Å²) >= 11 is 0. The van der Waals surface area contributed by atoms with Crippen LogP contribution < -0.4 is 0 Å². The lowest BCUT2D eigenvalue weighted by Gasteiger charge is -2.35. The Labute approximate surface area is 94.6 Å². The Morgan fingerprint density at radius 1 is 1.27 bits per heavy atom. The highest BCUT2D eigenvalue weighted by atomic mass is 15.2. The highest BCUT2D eigenvalue weighted by Gasteiger charge is 2.19. The SMILES string of the molecule is CCCCCCC(C)N1CCCCC1=N. The standard InChI is InChI=1S/C13H26N2/c1-3-4-5-6-9-12(2)15-11-8-7-10-13(15)14/h12,14H,3-11H2,1-2H3. The fourth-order valence-corrected chi connectivity index (χ4v) is 2.36. The van der Waals surface area contributed by atoms with Crippen molar-refractivity contribution in [2.45, 2.75) is 71.3 Å². The maximum Gasteiger partial charge on any atom is 0.0960 e. The molecule has 0 aliphatic carbocycles. The first-order valence-electron chi connectivity index (χ1n) is 6.59. The minimum Gasteiger partial charge on any atom is -0.358 e. The number of hydrogen-bond acceptors (Lipinski definition) is 1. The Kier molecular flexibility index (Phi) is 5.74. The number of hydrogen-bond donors (Lipinski definition) is 1. The van der Waals surface area contributed by atoms with Gasteiger partial charge in [-0.1, -0.05) is 32.6 Å². The van der Waals surface area contributed by atoms with Gasteiger partial charge in [0.05, 0.1) is 5.84 Å². The third-order valence-electron chi connectivity index (χ3n) is 3.42. The first-order chi connectivity index (χ1) is 7.25. The van der Waals surface area contributed by atoms with E-state index in [9.17, 15) is 0 Å². The summed E-state index contributed by atoms with van der Waals surface area (Å²) < 4.78 is 0. The van der Waals surface area contributed by atoms with Crippen molar-refractivity contribution in [2.75, 3.05) is 6.54 Å². The molecule has 2 nitrogen and oxygen atoms in total. The Morgan fingerprint density at radius 3 is 2.73 bits per heavy atom. The Bertz CT molecular complexity index is 189. The summed E-state index contributed by atoms with van der Waals surface area (Å²) in [5, 5.41) is 7.92. The summed E-state index contributed by atoms with van der Waals surface area (Å²) in [5.41, 5.74) is 0. The van der Waals surface area contributed by atoms with E-state index in [4.69, 9.17) is 5.41 Å². The maximum atomic E-state index is 7.92. The quantitative estimate of drug-likeness (QED) is 0.663. The minimum atomic E-state index is 0.592. The van der Waals surface area contributed by atoms with Crippen LogP contribution in [0.3, 0.4) is 0 Å². The van der Waals surface area contributed by atoms with Gasteiger partial charge in [-0.3, -0.25) is 5.41 Å². The fraction of sp³-hybridized carbons (Fsp3) is 0.923. The lowest BCUT2D eigenvalue weighted by atomic mass is 10.0. The molecule has 0 saturated carbocycles. The molecule has 15 heavy (non-hydrogen) atoms. The summed E-state index contributed by atoms with van der Waals surface area (Å²) in [6, 6.07) is 0.592. The van der Waals surface area contributed by atoms with Crippen LogP contribution in [0.4, 0.5) is 0 Å². The average molecular weight is 210 g/mol. The smallest absolute Gasteiger partial charge is 0.0960 e. The van der Waals surface area contributed by atoms with Gasteiger partial charge in [0.15, 0.2) is 0 Å². The van der Waals surface area contributed by atoms with Crippen molar-refractivity contribution in [2.24, 2.45) is 0 Å². The third kappa shape index (κ3) is 4.23. The van der Waals surface area contributed by atoms with Gasteiger partial charge in [0, 0.05) is 19.0 Å². The van der Waals surface area contributed by atoms with Gasteiger partial charge in [-0.2, -0.15) is 0 Å². The van der Waals surface area contributed by atoms with E-state index in [1.165, 1.54) is 44.9 Å². The lowest BCUT2D eigenvalue weighted by molar-refractivity contribution is 0.277. The zero-order valence-electron chi connectivity index (χ0n) is 10.4. The van der Waals surface area contributed by atoms with E-state index in [-0.39, 0.29) is 0 Å². The molecule has 0 bridgehead atoms. The van der Waals surface area contributed by atoms with Gasteiger partial charge in [-0.05, 0) is 26.2 Å². The molecule has 0 aromatic rings. The summed E-state index contributed by atoms with van der Waals surface area (Å²) in [5.74, 6) is 0.879. The van der Waals surface area contributed by atoms with E-state index in [0.29, 0.717) is 6.04 Å². The molecule has 2 heteroatoms. The van der Waals surface area contributed by atoms with Gasteiger partial charge in [-0.15, -0.1) is 0 Å². The van der Waals surface area contributed by atoms with Crippen LogP contribution in [-0.4, -0.2) is 23.3 Å². The second-order valence-electron chi connectivity index (χ2n) is 4.80. The molecule has 1 N–H and O–H groups in total. The highest BCUT2D eigenvalue weighted by Crippen LogP contribution is 2.17. The van der Waals surface area contributed by atoms with Gasteiger partial charge in [0.1, 0.15) is 0 Å². The molecule has 1 fully saturated rings. The summed E-state index contributed by atoms with van der Waals surface area (Å²) in [7, 11) is 0. The van der Waals surface area contributed by atoms with E-state index in [2.05, 4.69) is 18.7 Å². The predicted octanol–water partition coefficient (Wildman–Crippen LogP) is 3.81. The molecule has 1 rings (SSSR count). The number of unbranched alkanes of at least 4 members (excludes halogenated alkanes) is 3. The van der Waals surface area contributed by atoms with E-state index in [1.54, 1.807) is 0 Å². The predicted molar refractivity (Wildman–Crippen MR) is 66.5 cm³/mol. The van der Waals surface area contributed by atoms with E-state index in [0.717, 1.165) is 18.8 Å². The van der Waals surface area contributed by atoms with Crippen molar-refractivity contribution >= 4 is 5.84 Å². The minimum absolute atomic E-state index is 0.592. The van der Waals surface area contributed by atoms with Crippen molar-refractivity contribution in [1.82, 2.24) is 4.90 Å². The summed E-state index contributed by atoms with van der Waals surface area (Å²) in [6.45, 7) is 5.66. The molecule has 1 atom stereocenters. The van der Waals surface area contributed by atoms with Crippen molar-refractivity contribution in [3.05, 3.63) is 0 Å². The van der Waals surface area contributed by atoms with Crippen LogP contribution in [0.15, 0.2) is 0 Å². The van der Waals surface area contributed by atoms with Crippen LogP contribution in [0.5, 0.6) is 0 Å². The highest BCUT2D eigenvalue weighted by molar-refractivity contribution is 5.80. The van der Waals surface area contributed by atoms with Gasteiger partial charge >= 0.3 is 0 Å². The molecule has 1 unspecified atom stereocenters. The Hall–Kier alpha value is -0.530. The van der Waals surface area contributed by atoms with Gasteiger partial charge < -0.3 is 4.90 Å². The molecule has 1 aliphatic heterocycles. The van der Waals surface area contributed by atoms with E-state index in [1.807, 2.05) is 0 Å². The van der Waals surface area contributed by atoms with E-state index >= 15 is 0 Å². The maximum absolute atomic E-state index is 7.92. The molecule has 88 valence electrons. The topological polar surface area (TPSA) is 27.1 Å². The number of piperidine rings is 1. The lowest BCUT2D eigenvalue weighted by Crippen LogP contribution is -2.41. The molecule has 0 aromatic carbocycles. The first kappa shape index (κ1) is 12.5. The van der Waals surface area contributed by atoms with Gasteiger partial charge in [0.25, 0.3) is 0 Å². The molecule has 0 spiro atoms. The van der Waals surface area contributed by atoms with Crippen molar-refractivity contribution in [3.63, 3.8) is 0 Å². The number of rotatable bonds is 6. The van der Waals surface area contributed by atoms with Crippen LogP contribution in [-0.2, 0) is 0 Å². The van der Waals surface area contributed by atoms with Crippen LogP contribution >= 0.6 is 0 Å². The van der Waals surface area contributed by atoms with Crippen LogP contribution in [0, 0.1) is 5.41 Å². The van der Waals surface area contributed by atoms with Crippen molar-refractivity contribution in [3.8, 4) is 0 Å². The Balaban J connectivity index is 2.19. The summed E-state index contributed by atoms with van der Waals surface area (Å²) in [4.78, 5) is 2.31. The molecular formula is C13H26N2. The van der Waals surface area contributed by atoms with E-state index < -0.39 is 0 Å². The molecule has 0 aromatic heterocycles. The number of nitrogens with one attached hydrogen (secondary N) is 1. The monoisotopic (exact) mass is 210 g/mol. The fourth-order valence-electron chi connectivity index (χ4n) is 2.36. The zero-order valence-corrected chi connectivity index (χ0v) is 10.4. The van der Waals surface area contributed by atoms with Gasteiger partial charge in [-0.25, -0.2) is 0 Å². The van der Waals surface area contributed by atoms with Crippen LogP contribution in [0.2, 0.25) is 0 Å². The number of likely N-dealkylation sites (tertiary alicyclic amines) is 1. The molecule has 1 heterocycles. The second kappa shape index (κ2) is 6.86. The zero-order chi connectivity index (χ0) is 11.1. The average Bonchev–Trinajstić information content (AvgIpc) is 2.25. The van der Waals surface area contributed by atoms with Crippen LogP contribution in [0.1, 0.15) is 65.2 Å². The van der Waals surface area contributed by atoms with Gasteiger partial charge in [0.2, 0.25) is 0 Å². The van der Waals surface area contributed by atoms with Crippen molar-refractivity contribution in [1.29, 1.82) is 5.41 Å². The van der Waals surface area contributed by atoms with Crippen LogP contribution in [0.25, 0.3) is 0 Å². The largest absolute Gasteiger partial charge is 0.358 e. The molecule has 1 saturated heterocycles. The number of amidine groups is 1. The number of nitrogens with zero attached hydrogens (tertiary/aromatic N) is 1. The third-order valence-corrected chi connectivity index (χ3v) is 3.42. The molecular weight excluding hydrogens is 184 g/mol.